The number of anilines is 1. The van der Waals surface area contributed by atoms with Crippen LogP contribution in [-0.2, 0) is 17.1 Å². The van der Waals surface area contributed by atoms with Gasteiger partial charge in [-0.2, -0.15) is 26.3 Å². The van der Waals surface area contributed by atoms with Crippen LogP contribution in [0.25, 0.3) is 0 Å². The number of hydrogen-bond acceptors (Lipinski definition) is 5. The van der Waals surface area contributed by atoms with Crippen LogP contribution in [0.3, 0.4) is 0 Å². The second-order valence-corrected chi connectivity index (χ2v) is 6.10. The Hall–Kier alpha value is -3.64. The van der Waals surface area contributed by atoms with Gasteiger partial charge >= 0.3 is 18.4 Å². The van der Waals surface area contributed by atoms with Gasteiger partial charge in [-0.15, -0.1) is 0 Å². The van der Waals surface area contributed by atoms with E-state index < -0.39 is 47.8 Å². The molecule has 174 valence electrons. The number of amides is 3. The van der Waals surface area contributed by atoms with Crippen LogP contribution in [0.15, 0.2) is 36.4 Å². The van der Waals surface area contributed by atoms with Crippen LogP contribution in [0.4, 0.5) is 36.8 Å². The molecule has 2 aromatic rings. The van der Waals surface area contributed by atoms with Crippen molar-refractivity contribution in [1.29, 1.82) is 0 Å². The Morgan fingerprint density at radius 2 is 1.44 bits per heavy atom. The van der Waals surface area contributed by atoms with Gasteiger partial charge in [-0.3, -0.25) is 10.1 Å². The smallest absolute Gasteiger partial charge is 0.416 e. The molecule has 0 radical (unpaired) electrons. The first kappa shape index (κ1) is 24.6. The average Bonchev–Trinajstić information content (AvgIpc) is 2.71. The van der Waals surface area contributed by atoms with Crippen molar-refractivity contribution in [2.24, 2.45) is 0 Å². The summed E-state index contributed by atoms with van der Waals surface area (Å²) in [5, 5.41) is 4.12. The van der Waals surface area contributed by atoms with Crippen LogP contribution in [0.2, 0.25) is 0 Å². The van der Waals surface area contributed by atoms with E-state index in [2.05, 4.69) is 5.32 Å². The minimum absolute atomic E-state index is 0.0807. The maximum absolute atomic E-state index is 12.9. The van der Waals surface area contributed by atoms with Crippen LogP contribution in [0, 0.1) is 0 Å². The molecule has 0 saturated carbocycles. The first-order valence-corrected chi connectivity index (χ1v) is 8.58. The fourth-order valence-corrected chi connectivity index (χ4v) is 2.38. The lowest BCUT2D eigenvalue weighted by Gasteiger charge is -2.15. The summed E-state index contributed by atoms with van der Waals surface area (Å²) in [6.45, 7) is -1.02. The number of methoxy groups -OCH3 is 2. The first-order chi connectivity index (χ1) is 14.8. The van der Waals surface area contributed by atoms with E-state index in [0.29, 0.717) is 17.9 Å². The highest BCUT2D eigenvalue weighted by molar-refractivity contribution is 6.02. The second-order valence-electron chi connectivity index (χ2n) is 6.10. The fourth-order valence-electron chi connectivity index (χ4n) is 2.38. The molecule has 0 saturated heterocycles. The van der Waals surface area contributed by atoms with Gasteiger partial charge in [0.05, 0.1) is 31.0 Å². The van der Waals surface area contributed by atoms with Gasteiger partial charge in [-0.05, 0) is 30.3 Å². The SMILES string of the molecule is COc1ccc(NC(=O)NC(=O)COc2cc(C(F)(F)F)cc(C(F)(F)F)c2)c(OC)c1. The molecule has 2 N–H and O–H groups in total. The molecule has 2 aromatic carbocycles. The molecular weight excluding hydrogens is 450 g/mol. The molecule has 32 heavy (non-hydrogen) atoms. The Labute approximate surface area is 177 Å². The van der Waals surface area contributed by atoms with Gasteiger partial charge in [-0.25, -0.2) is 4.79 Å². The molecule has 13 heteroatoms. The summed E-state index contributed by atoms with van der Waals surface area (Å²) in [5.74, 6) is -1.34. The number of benzene rings is 2. The van der Waals surface area contributed by atoms with Gasteiger partial charge in [0.1, 0.15) is 17.2 Å². The van der Waals surface area contributed by atoms with Crippen LogP contribution in [-0.4, -0.2) is 32.8 Å². The number of nitrogens with one attached hydrogen (secondary N) is 2. The largest absolute Gasteiger partial charge is 0.497 e. The lowest BCUT2D eigenvalue weighted by Crippen LogP contribution is -2.37. The van der Waals surface area contributed by atoms with Gasteiger partial charge in [0, 0.05) is 6.07 Å². The van der Waals surface area contributed by atoms with Crippen molar-refractivity contribution in [3.63, 3.8) is 0 Å². The third kappa shape index (κ3) is 6.68. The topological polar surface area (TPSA) is 85.9 Å². The number of hydrogen-bond donors (Lipinski definition) is 2. The summed E-state index contributed by atoms with van der Waals surface area (Å²) >= 11 is 0. The highest BCUT2D eigenvalue weighted by Crippen LogP contribution is 2.38. The summed E-state index contributed by atoms with van der Waals surface area (Å²) < 4.78 is 91.9. The van der Waals surface area contributed by atoms with Crippen LogP contribution in [0.1, 0.15) is 11.1 Å². The molecule has 0 aromatic heterocycles. The Morgan fingerprint density at radius 1 is 0.844 bits per heavy atom. The van der Waals surface area contributed by atoms with Crippen molar-refractivity contribution in [2.75, 3.05) is 26.1 Å². The average molecular weight is 466 g/mol. The molecule has 0 unspecified atom stereocenters. The van der Waals surface area contributed by atoms with E-state index in [1.54, 1.807) is 0 Å². The lowest BCUT2D eigenvalue weighted by molar-refractivity contribution is -0.143. The van der Waals surface area contributed by atoms with Gasteiger partial charge in [0.2, 0.25) is 0 Å². The molecule has 0 aliphatic rings. The number of carbonyl (C=O) groups excluding carboxylic acids is 2. The van der Waals surface area contributed by atoms with E-state index in [1.165, 1.54) is 32.4 Å². The fraction of sp³-hybridized carbons (Fsp3) is 0.263. The molecule has 0 spiro atoms. The summed E-state index contributed by atoms with van der Waals surface area (Å²) in [5.41, 5.74) is -3.05. The first-order valence-electron chi connectivity index (χ1n) is 8.58. The van der Waals surface area contributed by atoms with E-state index in [-0.39, 0.29) is 17.5 Å². The molecule has 3 amide bonds. The minimum atomic E-state index is -5.07. The molecule has 0 heterocycles. The molecule has 2 rings (SSSR count). The van der Waals surface area contributed by atoms with Crippen molar-refractivity contribution in [2.45, 2.75) is 12.4 Å². The molecule has 0 aliphatic carbocycles. The third-order valence-electron chi connectivity index (χ3n) is 3.84. The maximum atomic E-state index is 12.9. The van der Waals surface area contributed by atoms with Gasteiger partial charge in [0.25, 0.3) is 5.91 Å². The summed E-state index contributed by atoms with van der Waals surface area (Å²) in [6, 6.07) is 3.86. The number of alkyl halides is 6. The monoisotopic (exact) mass is 466 g/mol. The van der Waals surface area contributed by atoms with E-state index in [4.69, 9.17) is 14.2 Å². The summed E-state index contributed by atoms with van der Waals surface area (Å²) in [7, 11) is 2.73. The zero-order valence-electron chi connectivity index (χ0n) is 16.5. The van der Waals surface area contributed by atoms with Crippen molar-refractivity contribution >= 4 is 17.6 Å². The Balaban J connectivity index is 2.04. The molecular formula is C19H16F6N2O5. The normalized spacial score (nSPS) is 11.5. The zero-order valence-corrected chi connectivity index (χ0v) is 16.5. The molecule has 0 atom stereocenters. The van der Waals surface area contributed by atoms with E-state index >= 15 is 0 Å². The predicted molar refractivity (Wildman–Crippen MR) is 98.6 cm³/mol. The van der Waals surface area contributed by atoms with Crippen LogP contribution >= 0.6 is 0 Å². The van der Waals surface area contributed by atoms with Crippen LogP contribution < -0.4 is 24.8 Å². The quantitative estimate of drug-likeness (QED) is 0.614. The van der Waals surface area contributed by atoms with E-state index in [1.807, 2.05) is 5.32 Å². The van der Waals surface area contributed by atoms with Crippen molar-refractivity contribution in [3.8, 4) is 17.2 Å². The van der Waals surface area contributed by atoms with Gasteiger partial charge < -0.3 is 19.5 Å². The van der Waals surface area contributed by atoms with E-state index in [9.17, 15) is 35.9 Å². The summed E-state index contributed by atoms with van der Waals surface area (Å²) in [4.78, 5) is 23.8. The Kier molecular flexibility index (Phi) is 7.44. The Morgan fingerprint density at radius 3 is 1.94 bits per heavy atom. The predicted octanol–water partition coefficient (Wildman–Crippen LogP) is 4.47. The van der Waals surface area contributed by atoms with Crippen molar-refractivity contribution in [1.82, 2.24) is 5.32 Å². The number of carbonyl (C=O) groups is 2. The highest BCUT2D eigenvalue weighted by Gasteiger charge is 2.37. The Bertz CT molecular complexity index is 959. The molecule has 7 nitrogen and oxygen atoms in total. The zero-order chi connectivity index (χ0) is 24.1. The number of imide groups is 1. The number of halogens is 6. The van der Waals surface area contributed by atoms with Crippen LogP contribution in [0.5, 0.6) is 17.2 Å². The molecule has 0 bridgehead atoms. The second kappa shape index (κ2) is 9.66. The van der Waals surface area contributed by atoms with Crippen molar-refractivity contribution < 1.29 is 50.1 Å². The molecule has 0 fully saturated rings. The number of urea groups is 1. The standard InChI is InChI=1S/C19H16F6N2O5/c1-30-12-3-4-14(15(8-12)31-2)26-17(29)27-16(28)9-32-13-6-10(18(20,21)22)5-11(7-13)19(23,24)25/h3-8H,9H2,1-2H3,(H2,26,27,28,29). The van der Waals surface area contributed by atoms with Gasteiger partial charge in [-0.1, -0.05) is 0 Å². The van der Waals surface area contributed by atoms with E-state index in [0.717, 1.165) is 0 Å². The third-order valence-corrected chi connectivity index (χ3v) is 3.84. The lowest BCUT2D eigenvalue weighted by atomic mass is 10.1. The number of ether oxygens (including phenoxy) is 3. The molecule has 0 aliphatic heterocycles. The number of rotatable bonds is 6. The summed E-state index contributed by atoms with van der Waals surface area (Å²) in [6.07, 6.45) is -10.1. The highest BCUT2D eigenvalue weighted by atomic mass is 19.4. The van der Waals surface area contributed by atoms with Gasteiger partial charge in [0.15, 0.2) is 6.61 Å². The van der Waals surface area contributed by atoms with Crippen molar-refractivity contribution in [3.05, 3.63) is 47.5 Å². The maximum Gasteiger partial charge on any atom is 0.416 e. The minimum Gasteiger partial charge on any atom is -0.497 e.